The second-order valence-electron chi connectivity index (χ2n) is 9.31. The molecule has 4 nitrogen and oxygen atoms in total. The Balaban J connectivity index is 0.000000537. The molecule has 230 valence electrons. The van der Waals surface area contributed by atoms with E-state index in [-0.39, 0.29) is 14.9 Å². The van der Waals surface area contributed by atoms with Crippen molar-refractivity contribution in [2.24, 2.45) is 0 Å². The molecular formula is C38H54O4. The van der Waals surface area contributed by atoms with Gasteiger partial charge in [-0.15, -0.1) is 0 Å². The average Bonchev–Trinajstić information content (AvgIpc) is 3.95. The van der Waals surface area contributed by atoms with Gasteiger partial charge in [-0.05, 0) is 35.4 Å². The Kier molecular flexibility index (Phi) is 23.0. The van der Waals surface area contributed by atoms with Crippen LogP contribution in [-0.4, -0.2) is 38.6 Å². The smallest absolute Gasteiger partial charge is 0.119 e. The molecule has 0 amide bonds. The van der Waals surface area contributed by atoms with E-state index in [0.717, 1.165) is 24.7 Å². The molecule has 0 bridgehead atoms. The maximum Gasteiger partial charge on any atom is 0.119 e. The number of ether oxygens (including phenoxy) is 4. The van der Waals surface area contributed by atoms with Crippen LogP contribution in [0.15, 0.2) is 121 Å². The van der Waals surface area contributed by atoms with Gasteiger partial charge in [-0.1, -0.05) is 152 Å². The molecule has 2 atom stereocenters. The summed E-state index contributed by atoms with van der Waals surface area (Å²) >= 11 is 0. The topological polar surface area (TPSA) is 43.5 Å². The van der Waals surface area contributed by atoms with Crippen LogP contribution < -0.4 is 9.47 Å². The zero-order valence-electron chi connectivity index (χ0n) is 24.6. The SMILES string of the molecule is C.C.CCC.CCC.c1ccc(-c2ccccc2)cc1.c1ccc(OCC2CO2)cc1.c1ccc(OCC2CO2)cc1. The number of rotatable bonds is 7. The highest BCUT2D eigenvalue weighted by Gasteiger charge is 2.23. The van der Waals surface area contributed by atoms with E-state index in [1.165, 1.54) is 24.0 Å². The van der Waals surface area contributed by atoms with Crippen LogP contribution in [0, 0.1) is 0 Å². The molecule has 4 aromatic rings. The summed E-state index contributed by atoms with van der Waals surface area (Å²) in [5.41, 5.74) is 2.55. The fourth-order valence-electron chi connectivity index (χ4n) is 3.00. The van der Waals surface area contributed by atoms with E-state index in [0.29, 0.717) is 25.4 Å². The standard InChI is InChI=1S/C12H10.2C9H10O2.2C3H8.2CH4/c1-3-7-11(8-4-1)12-9-5-2-6-10-12;2*1-2-4-8(5-3-1)10-6-9-7-11-9;2*1-3-2;;/h1-10H;2*1-5,9H,6-7H2;2*3H2,1-2H3;2*1H4. The molecule has 2 unspecified atom stereocenters. The van der Waals surface area contributed by atoms with E-state index in [1.807, 2.05) is 72.8 Å². The Hall–Kier alpha value is -3.60. The molecule has 4 aromatic carbocycles. The fourth-order valence-corrected chi connectivity index (χ4v) is 3.00. The highest BCUT2D eigenvalue weighted by molar-refractivity contribution is 5.62. The molecule has 0 aromatic heterocycles. The molecule has 2 aliphatic rings. The van der Waals surface area contributed by atoms with E-state index < -0.39 is 0 Å². The van der Waals surface area contributed by atoms with Crippen molar-refractivity contribution in [1.29, 1.82) is 0 Å². The summed E-state index contributed by atoms with van der Waals surface area (Å²) in [5.74, 6) is 1.84. The Morgan fingerprint density at radius 3 is 0.952 bits per heavy atom. The highest BCUT2D eigenvalue weighted by atomic mass is 16.6. The lowest BCUT2D eigenvalue weighted by molar-refractivity contribution is 0.263. The molecule has 0 saturated carbocycles. The Morgan fingerprint density at radius 1 is 0.476 bits per heavy atom. The fraction of sp³-hybridized carbons (Fsp3) is 0.368. The lowest BCUT2D eigenvalue weighted by atomic mass is 10.1. The summed E-state index contributed by atoms with van der Waals surface area (Å²) in [6.07, 6.45) is 3.19. The van der Waals surface area contributed by atoms with E-state index in [1.54, 1.807) is 0 Å². The predicted molar refractivity (Wildman–Crippen MR) is 181 cm³/mol. The number of epoxide rings is 2. The monoisotopic (exact) mass is 574 g/mol. The maximum absolute atomic E-state index is 5.40. The average molecular weight is 575 g/mol. The highest BCUT2D eigenvalue weighted by Crippen LogP contribution is 2.17. The molecule has 4 heteroatoms. The minimum atomic E-state index is 0. The van der Waals surface area contributed by atoms with Gasteiger partial charge in [-0.25, -0.2) is 0 Å². The van der Waals surface area contributed by atoms with Crippen molar-refractivity contribution < 1.29 is 18.9 Å². The van der Waals surface area contributed by atoms with Gasteiger partial charge in [0.05, 0.1) is 13.2 Å². The van der Waals surface area contributed by atoms with Crippen LogP contribution in [0.25, 0.3) is 11.1 Å². The summed E-state index contributed by atoms with van der Waals surface area (Å²) in [4.78, 5) is 0. The molecule has 2 fully saturated rings. The first-order valence-electron chi connectivity index (χ1n) is 14.4. The summed E-state index contributed by atoms with van der Waals surface area (Å²) < 4.78 is 20.8. The molecule has 0 radical (unpaired) electrons. The van der Waals surface area contributed by atoms with E-state index in [4.69, 9.17) is 18.9 Å². The molecule has 0 spiro atoms. The first kappa shape index (κ1) is 38.4. The second kappa shape index (κ2) is 25.1. The van der Waals surface area contributed by atoms with Gasteiger partial charge in [0.2, 0.25) is 0 Å². The third kappa shape index (κ3) is 19.5. The number of hydrogen-bond acceptors (Lipinski definition) is 4. The molecule has 2 aliphatic heterocycles. The minimum Gasteiger partial charge on any atom is -0.491 e. The molecule has 2 saturated heterocycles. The summed E-state index contributed by atoms with van der Waals surface area (Å²) in [5, 5.41) is 0. The van der Waals surface area contributed by atoms with Crippen molar-refractivity contribution in [3.8, 4) is 22.6 Å². The van der Waals surface area contributed by atoms with Gasteiger partial charge in [0, 0.05) is 0 Å². The third-order valence-corrected chi connectivity index (χ3v) is 5.04. The predicted octanol–water partition coefficient (Wildman–Crippen LogP) is 10.4. The van der Waals surface area contributed by atoms with Crippen molar-refractivity contribution >= 4 is 0 Å². The van der Waals surface area contributed by atoms with Crippen LogP contribution in [0.1, 0.15) is 55.4 Å². The largest absolute Gasteiger partial charge is 0.491 e. The quantitative estimate of drug-likeness (QED) is 0.206. The van der Waals surface area contributed by atoms with Crippen LogP contribution in [0.5, 0.6) is 11.5 Å². The summed E-state index contributed by atoms with van der Waals surface area (Å²) in [6.45, 7) is 11.6. The Bertz CT molecular complexity index is 990. The van der Waals surface area contributed by atoms with Gasteiger partial charge >= 0.3 is 0 Å². The normalized spacial score (nSPS) is 14.8. The molecule has 2 heterocycles. The number of para-hydroxylation sites is 2. The van der Waals surface area contributed by atoms with Crippen LogP contribution in [0.2, 0.25) is 0 Å². The van der Waals surface area contributed by atoms with Crippen LogP contribution in [0.3, 0.4) is 0 Å². The van der Waals surface area contributed by atoms with Crippen LogP contribution in [-0.2, 0) is 9.47 Å². The Morgan fingerprint density at radius 2 is 0.714 bits per heavy atom. The van der Waals surface area contributed by atoms with Crippen molar-refractivity contribution in [3.63, 3.8) is 0 Å². The van der Waals surface area contributed by atoms with Crippen molar-refractivity contribution in [2.45, 2.75) is 67.6 Å². The molecule has 6 rings (SSSR count). The first-order chi connectivity index (χ1) is 19.7. The van der Waals surface area contributed by atoms with Gasteiger partial charge < -0.3 is 18.9 Å². The zero-order chi connectivity index (χ0) is 28.7. The molecule has 0 aliphatic carbocycles. The van der Waals surface area contributed by atoms with E-state index in [2.05, 4.69) is 76.2 Å². The van der Waals surface area contributed by atoms with Gasteiger partial charge in [0.25, 0.3) is 0 Å². The molecular weight excluding hydrogens is 520 g/mol. The summed E-state index contributed by atoms with van der Waals surface area (Å²) in [7, 11) is 0. The van der Waals surface area contributed by atoms with Crippen LogP contribution in [0.4, 0.5) is 0 Å². The van der Waals surface area contributed by atoms with Crippen molar-refractivity contribution in [1.82, 2.24) is 0 Å². The van der Waals surface area contributed by atoms with Gasteiger partial charge in [0.1, 0.15) is 36.9 Å². The lowest BCUT2D eigenvalue weighted by Crippen LogP contribution is -2.03. The summed E-state index contributed by atoms with van der Waals surface area (Å²) in [6, 6.07) is 40.4. The first-order valence-corrected chi connectivity index (χ1v) is 14.4. The minimum absolute atomic E-state index is 0. The lowest BCUT2D eigenvalue weighted by Gasteiger charge is -2.01. The van der Waals surface area contributed by atoms with Gasteiger partial charge in [-0.3, -0.25) is 0 Å². The van der Waals surface area contributed by atoms with Crippen LogP contribution >= 0.6 is 0 Å². The van der Waals surface area contributed by atoms with Gasteiger partial charge in [0.15, 0.2) is 0 Å². The Labute approximate surface area is 256 Å². The zero-order valence-corrected chi connectivity index (χ0v) is 24.6. The molecule has 42 heavy (non-hydrogen) atoms. The van der Waals surface area contributed by atoms with Crippen molar-refractivity contribution in [2.75, 3.05) is 26.4 Å². The van der Waals surface area contributed by atoms with Gasteiger partial charge in [-0.2, -0.15) is 0 Å². The molecule has 0 N–H and O–H groups in total. The second-order valence-corrected chi connectivity index (χ2v) is 9.31. The van der Waals surface area contributed by atoms with Crippen molar-refractivity contribution in [3.05, 3.63) is 121 Å². The van der Waals surface area contributed by atoms with E-state index >= 15 is 0 Å². The third-order valence-electron chi connectivity index (χ3n) is 5.04. The number of hydrogen-bond donors (Lipinski definition) is 0. The van der Waals surface area contributed by atoms with E-state index in [9.17, 15) is 0 Å². The maximum atomic E-state index is 5.40. The number of benzene rings is 4.